The fourth-order valence-corrected chi connectivity index (χ4v) is 2.83. The number of likely N-dealkylation sites (tertiary alicyclic amines) is 1. The van der Waals surface area contributed by atoms with Crippen LogP contribution in [0.15, 0.2) is 10.8 Å². The number of carbonyl (C=O) groups is 2. The van der Waals surface area contributed by atoms with Crippen molar-refractivity contribution in [2.75, 3.05) is 6.54 Å². The average Bonchev–Trinajstić information content (AvgIpc) is 2.83. The largest absolute Gasteiger partial charge is 0.480 e. The van der Waals surface area contributed by atoms with Gasteiger partial charge in [-0.15, -0.1) is 0 Å². The summed E-state index contributed by atoms with van der Waals surface area (Å²) in [5.41, 5.74) is 1.36. The van der Waals surface area contributed by atoms with Gasteiger partial charge in [0.25, 0.3) is 5.91 Å². The van der Waals surface area contributed by atoms with Gasteiger partial charge in [-0.05, 0) is 17.9 Å². The third kappa shape index (κ3) is 2.18. The van der Waals surface area contributed by atoms with Crippen LogP contribution in [-0.2, 0) is 4.79 Å². The number of carboxylic acid groups (broad SMARTS) is 1. The Hall–Kier alpha value is -1.40. The molecule has 2 rings (SSSR count). The Balaban J connectivity index is 2.25. The van der Waals surface area contributed by atoms with Crippen LogP contribution in [0.1, 0.15) is 22.3 Å². The fourth-order valence-electron chi connectivity index (χ4n) is 2.01. The number of thiophene rings is 1. The Morgan fingerprint density at radius 2 is 2.18 bits per heavy atom. The molecule has 1 aliphatic rings. The molecule has 5 nitrogen and oxygen atoms in total. The molecule has 0 bridgehead atoms. The number of aliphatic carboxylic acids is 1. The van der Waals surface area contributed by atoms with Crippen molar-refractivity contribution in [1.82, 2.24) is 4.90 Å². The van der Waals surface area contributed by atoms with Gasteiger partial charge in [0.15, 0.2) is 0 Å². The minimum Gasteiger partial charge on any atom is -0.480 e. The first-order valence-electron chi connectivity index (χ1n) is 5.25. The van der Waals surface area contributed by atoms with E-state index in [-0.39, 0.29) is 18.9 Å². The zero-order valence-corrected chi connectivity index (χ0v) is 10.1. The highest BCUT2D eigenvalue weighted by molar-refractivity contribution is 7.08. The van der Waals surface area contributed by atoms with Crippen LogP contribution in [0, 0.1) is 6.92 Å². The molecule has 0 spiro atoms. The lowest BCUT2D eigenvalue weighted by Gasteiger charge is -2.20. The molecule has 0 saturated carbocycles. The molecular weight excluding hydrogens is 242 g/mol. The zero-order chi connectivity index (χ0) is 12.6. The number of amides is 1. The monoisotopic (exact) mass is 255 g/mol. The number of hydrogen-bond acceptors (Lipinski definition) is 4. The van der Waals surface area contributed by atoms with Gasteiger partial charge in [-0.3, -0.25) is 4.79 Å². The third-order valence-electron chi connectivity index (χ3n) is 2.91. The van der Waals surface area contributed by atoms with E-state index in [9.17, 15) is 14.7 Å². The molecule has 6 heteroatoms. The predicted octanol–water partition coefficient (Wildman–Crippen LogP) is 0.717. The summed E-state index contributed by atoms with van der Waals surface area (Å²) < 4.78 is 0. The van der Waals surface area contributed by atoms with Crippen molar-refractivity contribution in [2.24, 2.45) is 0 Å². The molecule has 2 heterocycles. The first kappa shape index (κ1) is 12.1. The van der Waals surface area contributed by atoms with Crippen LogP contribution in [0.2, 0.25) is 0 Å². The first-order valence-corrected chi connectivity index (χ1v) is 6.19. The van der Waals surface area contributed by atoms with Gasteiger partial charge in [0.1, 0.15) is 6.04 Å². The summed E-state index contributed by atoms with van der Waals surface area (Å²) in [4.78, 5) is 24.4. The molecule has 92 valence electrons. The van der Waals surface area contributed by atoms with E-state index in [4.69, 9.17) is 5.11 Å². The van der Waals surface area contributed by atoms with Crippen LogP contribution in [-0.4, -0.2) is 45.7 Å². The van der Waals surface area contributed by atoms with Crippen molar-refractivity contribution in [1.29, 1.82) is 0 Å². The van der Waals surface area contributed by atoms with Gasteiger partial charge in [-0.2, -0.15) is 11.3 Å². The summed E-state index contributed by atoms with van der Waals surface area (Å²) in [5.74, 6) is -1.38. The third-order valence-corrected chi connectivity index (χ3v) is 3.77. The second-order valence-corrected chi connectivity index (χ2v) is 4.91. The van der Waals surface area contributed by atoms with E-state index in [1.54, 1.807) is 5.38 Å². The van der Waals surface area contributed by atoms with E-state index in [0.29, 0.717) is 5.56 Å². The molecule has 1 fully saturated rings. The van der Waals surface area contributed by atoms with Gasteiger partial charge in [-0.1, -0.05) is 0 Å². The first-order chi connectivity index (χ1) is 8.00. The Bertz CT molecular complexity index is 456. The summed E-state index contributed by atoms with van der Waals surface area (Å²) in [5, 5.41) is 22.0. The Kier molecular flexibility index (Phi) is 3.17. The normalized spacial score (nSPS) is 24.0. The number of aliphatic hydroxyl groups excluding tert-OH is 1. The van der Waals surface area contributed by atoms with Crippen LogP contribution in [0.3, 0.4) is 0 Å². The Morgan fingerprint density at radius 1 is 1.47 bits per heavy atom. The van der Waals surface area contributed by atoms with Gasteiger partial charge in [-0.25, -0.2) is 4.79 Å². The molecule has 2 atom stereocenters. The SMILES string of the molecule is Cc1cscc1C(=O)N1C[C@@H](O)C[C@H]1C(=O)O. The smallest absolute Gasteiger partial charge is 0.326 e. The minimum atomic E-state index is -1.07. The van der Waals surface area contributed by atoms with Gasteiger partial charge in [0.05, 0.1) is 11.7 Å². The van der Waals surface area contributed by atoms with Crippen molar-refractivity contribution in [3.8, 4) is 0 Å². The minimum absolute atomic E-state index is 0.0884. The van der Waals surface area contributed by atoms with Crippen LogP contribution < -0.4 is 0 Å². The lowest BCUT2D eigenvalue weighted by molar-refractivity contribution is -0.141. The fraction of sp³-hybridized carbons (Fsp3) is 0.455. The van der Waals surface area contributed by atoms with Crippen LogP contribution in [0.25, 0.3) is 0 Å². The van der Waals surface area contributed by atoms with E-state index < -0.39 is 18.1 Å². The number of aliphatic hydroxyl groups is 1. The molecule has 1 saturated heterocycles. The second-order valence-electron chi connectivity index (χ2n) is 4.17. The average molecular weight is 255 g/mol. The molecule has 0 unspecified atom stereocenters. The van der Waals surface area contributed by atoms with E-state index in [2.05, 4.69) is 0 Å². The molecule has 1 aromatic heterocycles. The van der Waals surface area contributed by atoms with Gasteiger partial charge < -0.3 is 15.1 Å². The molecule has 0 aliphatic carbocycles. The highest BCUT2D eigenvalue weighted by atomic mass is 32.1. The van der Waals surface area contributed by atoms with E-state index in [1.807, 2.05) is 12.3 Å². The Labute approximate surface area is 102 Å². The van der Waals surface area contributed by atoms with Crippen LogP contribution >= 0.6 is 11.3 Å². The van der Waals surface area contributed by atoms with Crippen molar-refractivity contribution in [3.63, 3.8) is 0 Å². The van der Waals surface area contributed by atoms with Crippen molar-refractivity contribution < 1.29 is 19.8 Å². The maximum atomic E-state index is 12.1. The zero-order valence-electron chi connectivity index (χ0n) is 9.29. The quantitative estimate of drug-likeness (QED) is 0.816. The summed E-state index contributed by atoms with van der Waals surface area (Å²) in [6, 6.07) is -0.920. The van der Waals surface area contributed by atoms with Crippen molar-refractivity contribution >= 4 is 23.2 Å². The predicted molar refractivity (Wildman–Crippen MR) is 62.1 cm³/mol. The number of β-amino-alcohol motifs (C(OH)–C–C–N with tert-alkyl or cyclic N) is 1. The second kappa shape index (κ2) is 4.46. The highest BCUT2D eigenvalue weighted by Crippen LogP contribution is 2.23. The van der Waals surface area contributed by atoms with E-state index in [0.717, 1.165) is 5.56 Å². The molecule has 1 aliphatic heterocycles. The highest BCUT2D eigenvalue weighted by Gasteiger charge is 2.39. The number of aryl methyl sites for hydroxylation is 1. The van der Waals surface area contributed by atoms with E-state index >= 15 is 0 Å². The topological polar surface area (TPSA) is 77.8 Å². The van der Waals surface area contributed by atoms with Crippen LogP contribution in [0.5, 0.6) is 0 Å². The number of rotatable bonds is 2. The summed E-state index contributed by atoms with van der Waals surface area (Å²) in [6.45, 7) is 1.90. The summed E-state index contributed by atoms with van der Waals surface area (Å²) in [7, 11) is 0. The number of hydrogen-bond donors (Lipinski definition) is 2. The molecule has 0 radical (unpaired) electrons. The molecule has 1 aromatic rings. The van der Waals surface area contributed by atoms with Gasteiger partial charge in [0.2, 0.25) is 0 Å². The number of carboxylic acids is 1. The maximum absolute atomic E-state index is 12.1. The molecule has 0 aromatic carbocycles. The Morgan fingerprint density at radius 3 is 2.71 bits per heavy atom. The maximum Gasteiger partial charge on any atom is 0.326 e. The van der Waals surface area contributed by atoms with Crippen LogP contribution in [0.4, 0.5) is 0 Å². The molecule has 2 N–H and O–H groups in total. The lowest BCUT2D eigenvalue weighted by Crippen LogP contribution is -2.40. The summed E-state index contributed by atoms with van der Waals surface area (Å²) in [6.07, 6.45) is -0.649. The molecule has 17 heavy (non-hydrogen) atoms. The van der Waals surface area contributed by atoms with Crippen molar-refractivity contribution in [3.05, 3.63) is 21.9 Å². The lowest BCUT2D eigenvalue weighted by atomic mass is 10.1. The number of nitrogens with zero attached hydrogens (tertiary/aromatic N) is 1. The van der Waals surface area contributed by atoms with E-state index in [1.165, 1.54) is 16.2 Å². The van der Waals surface area contributed by atoms with Crippen molar-refractivity contribution in [2.45, 2.75) is 25.5 Å². The standard InChI is InChI=1S/C11H13NO4S/c1-6-4-17-5-8(6)10(14)12-3-7(13)2-9(12)11(15)16/h4-5,7,9,13H,2-3H2,1H3,(H,15,16)/t7-,9-/m0/s1. The molecule has 1 amide bonds. The van der Waals surface area contributed by atoms with Gasteiger partial charge in [0, 0.05) is 18.3 Å². The molecular formula is C11H13NO4S. The summed E-state index contributed by atoms with van der Waals surface area (Å²) >= 11 is 1.41. The van der Waals surface area contributed by atoms with Gasteiger partial charge >= 0.3 is 5.97 Å². The number of carbonyl (C=O) groups excluding carboxylic acids is 1.